The summed E-state index contributed by atoms with van der Waals surface area (Å²) in [6.45, 7) is 0. The molecule has 7 nitrogen and oxygen atoms in total. The van der Waals surface area contributed by atoms with E-state index < -0.39 is 0 Å². The molecule has 5 heterocycles. The number of furan rings is 2. The molecule has 0 aliphatic heterocycles. The van der Waals surface area contributed by atoms with Gasteiger partial charge in [-0.15, -0.1) is 0 Å². The zero-order valence-corrected chi connectivity index (χ0v) is 34.1. The molecule has 14 aromatic rings. The second-order valence-electron chi connectivity index (χ2n) is 16.3. The number of hydrogen-bond acceptors (Lipinski definition) is 5. The third-order valence-corrected chi connectivity index (χ3v) is 12.8. The van der Waals surface area contributed by atoms with Gasteiger partial charge in [0.15, 0.2) is 23.1 Å². The minimum absolute atomic E-state index is 0.555. The van der Waals surface area contributed by atoms with Gasteiger partial charge in [-0.2, -0.15) is 0 Å². The van der Waals surface area contributed by atoms with Gasteiger partial charge in [-0.3, -0.25) is 0 Å². The van der Waals surface area contributed by atoms with Crippen molar-refractivity contribution in [1.82, 2.24) is 24.1 Å². The van der Waals surface area contributed by atoms with Crippen LogP contribution in [-0.2, 0) is 0 Å². The van der Waals surface area contributed by atoms with Gasteiger partial charge >= 0.3 is 0 Å². The molecule has 0 atom stereocenters. The van der Waals surface area contributed by atoms with Crippen LogP contribution in [0.4, 0.5) is 0 Å². The molecule has 0 aliphatic rings. The molecule has 9 aromatic carbocycles. The first-order valence-electron chi connectivity index (χ1n) is 21.4. The van der Waals surface area contributed by atoms with Crippen molar-refractivity contribution >= 4 is 87.5 Å². The number of rotatable bonds is 5. The van der Waals surface area contributed by atoms with Crippen LogP contribution in [-0.4, -0.2) is 24.1 Å². The van der Waals surface area contributed by atoms with Crippen molar-refractivity contribution in [3.05, 3.63) is 200 Å². The molecule has 0 radical (unpaired) electrons. The van der Waals surface area contributed by atoms with Gasteiger partial charge in [-0.25, -0.2) is 15.0 Å². The van der Waals surface area contributed by atoms with Crippen molar-refractivity contribution in [3.63, 3.8) is 0 Å². The van der Waals surface area contributed by atoms with Gasteiger partial charge in [-0.05, 0) is 60.7 Å². The van der Waals surface area contributed by atoms with E-state index in [4.69, 9.17) is 23.8 Å². The van der Waals surface area contributed by atoms with Gasteiger partial charge in [0.1, 0.15) is 16.7 Å². The predicted octanol–water partition coefficient (Wildman–Crippen LogP) is 14.9. The van der Waals surface area contributed by atoms with Gasteiger partial charge in [0.2, 0.25) is 0 Å². The topological polar surface area (TPSA) is 74.8 Å². The quantitative estimate of drug-likeness (QED) is 0.173. The second-order valence-corrected chi connectivity index (χ2v) is 16.3. The summed E-state index contributed by atoms with van der Waals surface area (Å²) in [7, 11) is 0. The van der Waals surface area contributed by atoms with E-state index in [9.17, 15) is 0 Å². The SMILES string of the molecule is c1ccc(-c2nc(-c3ccccc3)nc(-c3cccc4c3oc3ccc(-n5c6ccccc6c6cc7c(cc65)c5ccccc5n7-c5cccc6c5oc5ccccc56)cc34)n2)cc1. The highest BCUT2D eigenvalue weighted by molar-refractivity contribution is 6.20. The lowest BCUT2D eigenvalue weighted by Crippen LogP contribution is -2.00. The second kappa shape index (κ2) is 13.3. The van der Waals surface area contributed by atoms with Crippen molar-refractivity contribution < 1.29 is 8.83 Å². The molecular weight excluding hydrogens is 787 g/mol. The summed E-state index contributed by atoms with van der Waals surface area (Å²) in [4.78, 5) is 15.0. The fourth-order valence-corrected chi connectivity index (χ4v) is 9.91. The highest BCUT2D eigenvalue weighted by atomic mass is 16.3. The van der Waals surface area contributed by atoms with Crippen LogP contribution in [0, 0.1) is 0 Å². The maximum atomic E-state index is 6.76. The summed E-state index contributed by atoms with van der Waals surface area (Å²) in [5.41, 5.74) is 12.5. The molecule has 64 heavy (non-hydrogen) atoms. The van der Waals surface area contributed by atoms with E-state index >= 15 is 0 Å². The summed E-state index contributed by atoms with van der Waals surface area (Å²) in [5, 5.41) is 8.91. The Hall–Kier alpha value is -8.81. The summed E-state index contributed by atoms with van der Waals surface area (Å²) < 4.78 is 18.1. The van der Waals surface area contributed by atoms with Crippen LogP contribution in [0.15, 0.2) is 209 Å². The van der Waals surface area contributed by atoms with Gasteiger partial charge < -0.3 is 18.0 Å². The smallest absolute Gasteiger partial charge is 0.167 e. The van der Waals surface area contributed by atoms with Crippen LogP contribution in [0.2, 0.25) is 0 Å². The average molecular weight is 820 g/mol. The van der Waals surface area contributed by atoms with Crippen LogP contribution in [0.25, 0.3) is 133 Å². The number of para-hydroxylation sites is 5. The maximum absolute atomic E-state index is 6.76. The minimum Gasteiger partial charge on any atom is -0.455 e. The fraction of sp³-hybridized carbons (Fsp3) is 0. The lowest BCUT2D eigenvalue weighted by molar-refractivity contribution is 0.666. The molecule has 7 heteroatoms. The molecule has 5 aromatic heterocycles. The molecule has 0 aliphatic carbocycles. The Morgan fingerprint density at radius 3 is 1.53 bits per heavy atom. The molecule has 0 saturated carbocycles. The fourth-order valence-electron chi connectivity index (χ4n) is 9.91. The predicted molar refractivity (Wildman–Crippen MR) is 259 cm³/mol. The Morgan fingerprint density at radius 2 is 0.828 bits per heavy atom. The highest BCUT2D eigenvalue weighted by Crippen LogP contribution is 2.43. The van der Waals surface area contributed by atoms with Crippen LogP contribution < -0.4 is 0 Å². The Labute approximate surface area is 364 Å². The summed E-state index contributed by atoms with van der Waals surface area (Å²) in [6, 6.07) is 69.7. The third-order valence-electron chi connectivity index (χ3n) is 12.8. The minimum atomic E-state index is 0.555. The summed E-state index contributed by atoms with van der Waals surface area (Å²) >= 11 is 0. The molecule has 0 fully saturated rings. The first-order valence-corrected chi connectivity index (χ1v) is 21.4. The van der Waals surface area contributed by atoms with Crippen LogP contribution >= 0.6 is 0 Å². The number of hydrogen-bond donors (Lipinski definition) is 0. The van der Waals surface area contributed by atoms with Crippen molar-refractivity contribution in [1.29, 1.82) is 0 Å². The van der Waals surface area contributed by atoms with Crippen molar-refractivity contribution in [2.45, 2.75) is 0 Å². The van der Waals surface area contributed by atoms with Crippen LogP contribution in [0.5, 0.6) is 0 Å². The van der Waals surface area contributed by atoms with E-state index in [1.807, 2.05) is 78.9 Å². The van der Waals surface area contributed by atoms with E-state index in [0.29, 0.717) is 17.5 Å². The van der Waals surface area contributed by atoms with Crippen LogP contribution in [0.1, 0.15) is 0 Å². The molecule has 0 N–H and O–H groups in total. The molecule has 0 unspecified atom stereocenters. The molecule has 0 saturated heterocycles. The van der Waals surface area contributed by atoms with E-state index in [1.54, 1.807) is 0 Å². The largest absolute Gasteiger partial charge is 0.455 e. The van der Waals surface area contributed by atoms with Gasteiger partial charge in [0, 0.05) is 59.9 Å². The number of nitrogens with zero attached hydrogens (tertiary/aromatic N) is 5. The normalized spacial score (nSPS) is 12.1. The van der Waals surface area contributed by atoms with Gasteiger partial charge in [0.05, 0.1) is 33.3 Å². The summed E-state index contributed by atoms with van der Waals surface area (Å²) in [6.07, 6.45) is 0. The maximum Gasteiger partial charge on any atom is 0.167 e. The lowest BCUT2D eigenvalue weighted by Gasteiger charge is -2.10. The van der Waals surface area contributed by atoms with E-state index in [0.717, 1.165) is 94.0 Å². The molecule has 14 rings (SSSR count). The number of aromatic nitrogens is 5. The lowest BCUT2D eigenvalue weighted by atomic mass is 10.1. The first kappa shape index (κ1) is 34.9. The van der Waals surface area contributed by atoms with Gasteiger partial charge in [0.25, 0.3) is 0 Å². The number of benzene rings is 9. The Morgan fingerprint density at radius 1 is 0.312 bits per heavy atom. The Balaban J connectivity index is 0.978. The van der Waals surface area contributed by atoms with Gasteiger partial charge in [-0.1, -0.05) is 140 Å². The third kappa shape index (κ3) is 5.06. The van der Waals surface area contributed by atoms with Crippen LogP contribution in [0.3, 0.4) is 0 Å². The monoisotopic (exact) mass is 819 g/mol. The summed E-state index contributed by atoms with van der Waals surface area (Å²) in [5.74, 6) is 1.77. The molecular formula is C57H33N5O2. The number of fused-ring (bicyclic) bond motifs is 12. The Bertz CT molecular complexity index is 4140. The van der Waals surface area contributed by atoms with E-state index in [1.165, 1.54) is 21.5 Å². The zero-order chi connectivity index (χ0) is 41.9. The Kier molecular flexibility index (Phi) is 7.27. The van der Waals surface area contributed by atoms with Crippen molar-refractivity contribution in [2.75, 3.05) is 0 Å². The molecule has 298 valence electrons. The zero-order valence-electron chi connectivity index (χ0n) is 34.1. The van der Waals surface area contributed by atoms with E-state index in [-0.39, 0.29) is 0 Å². The molecule has 0 spiro atoms. The highest BCUT2D eigenvalue weighted by Gasteiger charge is 2.23. The first-order chi connectivity index (χ1) is 31.7. The molecule has 0 bridgehead atoms. The van der Waals surface area contributed by atoms with Crippen molar-refractivity contribution in [3.8, 4) is 45.5 Å². The average Bonchev–Trinajstić information content (AvgIpc) is 4.11. The molecule has 0 amide bonds. The standard InChI is InChI=1S/C57H33N5O2/c1-3-15-34(16-4-1)55-58-56(35-17-5-2-6-18-35)60-57(59-55)42-24-13-22-41-45-31-36(29-30-52(45)63-53(41)42)61-46-25-10-7-19-37(46)43-33-50-44(32-49(43)61)38-20-8-11-26-47(38)62(50)48-27-14-23-40-39-21-9-12-28-51(39)64-54(40)48/h1-33H. The van der Waals surface area contributed by atoms with Crippen molar-refractivity contribution in [2.24, 2.45) is 0 Å². The van der Waals surface area contributed by atoms with E-state index in [2.05, 4.69) is 130 Å².